The Kier molecular flexibility index (Phi) is 13.8. The number of alkyl carbamates (subject to hydrolysis) is 1. The van der Waals surface area contributed by atoms with Gasteiger partial charge in [-0.2, -0.15) is 0 Å². The zero-order valence-corrected chi connectivity index (χ0v) is 34.0. The topological polar surface area (TPSA) is 167 Å². The molecule has 0 radical (unpaired) electrons. The predicted molar refractivity (Wildman–Crippen MR) is 224 cm³/mol. The number of nitrogens with one attached hydrogen (secondary N) is 1. The monoisotopic (exact) mass is 817 g/mol. The van der Waals surface area contributed by atoms with Crippen molar-refractivity contribution in [3.63, 3.8) is 0 Å². The van der Waals surface area contributed by atoms with Crippen LogP contribution in [0.5, 0.6) is 11.5 Å². The van der Waals surface area contributed by atoms with E-state index in [4.69, 9.17) is 23.7 Å². The molecule has 0 saturated carbocycles. The number of hydrogen-bond donors (Lipinski definition) is 3. The summed E-state index contributed by atoms with van der Waals surface area (Å²) in [6, 6.07) is 32.3. The maximum absolute atomic E-state index is 13.1. The number of carbonyl (C=O) groups is 4. The number of hydrogen-bond acceptors (Lipinski definition) is 10. The number of carboxylic acid groups (broad SMARTS) is 1. The summed E-state index contributed by atoms with van der Waals surface area (Å²) in [5.74, 6) is -3.18. The van der Waals surface area contributed by atoms with Gasteiger partial charge in [-0.1, -0.05) is 112 Å². The minimum atomic E-state index is -1.10. The molecule has 2 aliphatic rings. The van der Waals surface area contributed by atoms with Crippen LogP contribution in [0.15, 0.2) is 122 Å². The van der Waals surface area contributed by atoms with E-state index in [1.165, 1.54) is 0 Å². The molecular weight excluding hydrogens is 767 g/mol. The summed E-state index contributed by atoms with van der Waals surface area (Å²) in [4.78, 5) is 49.0. The summed E-state index contributed by atoms with van der Waals surface area (Å²) in [6.07, 6.45) is 2.30. The highest BCUT2D eigenvalue weighted by atomic mass is 16.6. The first-order valence-electron chi connectivity index (χ1n) is 19.9. The van der Waals surface area contributed by atoms with E-state index in [0.717, 1.165) is 39.5 Å². The van der Waals surface area contributed by atoms with Gasteiger partial charge in [0.05, 0.1) is 29.9 Å². The summed E-state index contributed by atoms with van der Waals surface area (Å²) >= 11 is 0. The van der Waals surface area contributed by atoms with Gasteiger partial charge < -0.3 is 39.2 Å². The largest absolute Gasteiger partial charge is 0.491 e. The maximum atomic E-state index is 13.1. The molecule has 3 N–H and O–H groups in total. The molecule has 0 bridgehead atoms. The molecule has 4 unspecified atom stereocenters. The number of benzene rings is 4. The van der Waals surface area contributed by atoms with Gasteiger partial charge in [-0.25, -0.2) is 9.59 Å². The van der Waals surface area contributed by atoms with Gasteiger partial charge in [0.15, 0.2) is 6.10 Å². The normalized spacial score (nSPS) is 17.2. The molecule has 1 amide bonds. The van der Waals surface area contributed by atoms with Crippen LogP contribution in [0.2, 0.25) is 0 Å². The van der Waals surface area contributed by atoms with Crippen LogP contribution in [0, 0.1) is 17.3 Å². The second kappa shape index (κ2) is 19.1. The van der Waals surface area contributed by atoms with Crippen molar-refractivity contribution in [1.82, 2.24) is 5.32 Å². The molecule has 0 fully saturated rings. The van der Waals surface area contributed by atoms with Crippen LogP contribution >= 0.6 is 0 Å². The maximum Gasteiger partial charge on any atom is 0.407 e. The molecule has 12 nitrogen and oxygen atoms in total. The van der Waals surface area contributed by atoms with Gasteiger partial charge >= 0.3 is 24.0 Å². The number of carboxylic acids is 1. The summed E-state index contributed by atoms with van der Waals surface area (Å²) in [6.45, 7) is 8.62. The van der Waals surface area contributed by atoms with E-state index in [0.29, 0.717) is 11.5 Å². The second-order valence-electron chi connectivity index (χ2n) is 15.8. The van der Waals surface area contributed by atoms with Crippen LogP contribution in [0.3, 0.4) is 0 Å². The van der Waals surface area contributed by atoms with Crippen LogP contribution in [-0.4, -0.2) is 79.4 Å². The van der Waals surface area contributed by atoms with Crippen molar-refractivity contribution in [2.45, 2.75) is 51.2 Å². The highest BCUT2D eigenvalue weighted by Gasteiger charge is 2.46. The molecule has 12 heteroatoms. The highest BCUT2D eigenvalue weighted by molar-refractivity contribution is 5.86. The first-order valence-corrected chi connectivity index (χ1v) is 19.9. The minimum absolute atomic E-state index is 0.0496. The summed E-state index contributed by atoms with van der Waals surface area (Å²) in [5, 5.41) is 22.7. The number of aliphatic hydroxyl groups excluding tert-OH is 1. The number of amides is 1. The summed E-state index contributed by atoms with van der Waals surface area (Å²) in [5.41, 5.74) is 5.40. The number of esters is 2. The van der Waals surface area contributed by atoms with E-state index in [-0.39, 0.29) is 44.6 Å². The molecule has 0 aromatic heterocycles. The lowest BCUT2D eigenvalue weighted by Crippen LogP contribution is -2.38. The van der Waals surface area contributed by atoms with Gasteiger partial charge in [-0.05, 0) is 75.9 Å². The van der Waals surface area contributed by atoms with Gasteiger partial charge in [0.2, 0.25) is 0 Å². The van der Waals surface area contributed by atoms with E-state index in [2.05, 4.69) is 48.3 Å². The van der Waals surface area contributed by atoms with E-state index >= 15 is 0 Å². The van der Waals surface area contributed by atoms with Crippen molar-refractivity contribution in [3.8, 4) is 22.6 Å². The molecule has 4 atom stereocenters. The quantitative estimate of drug-likeness (QED) is 0.0285. The minimum Gasteiger partial charge on any atom is -0.491 e. The third-order valence-corrected chi connectivity index (χ3v) is 10.9. The van der Waals surface area contributed by atoms with E-state index in [1.54, 1.807) is 12.2 Å². The smallest absolute Gasteiger partial charge is 0.407 e. The molecule has 0 spiro atoms. The van der Waals surface area contributed by atoms with Crippen molar-refractivity contribution < 1.29 is 53.1 Å². The molecule has 4 aromatic rings. The van der Waals surface area contributed by atoms with Crippen molar-refractivity contribution in [3.05, 3.63) is 144 Å². The van der Waals surface area contributed by atoms with Crippen LogP contribution in [0.25, 0.3) is 11.1 Å². The van der Waals surface area contributed by atoms with Crippen LogP contribution in [-0.2, 0) is 34.0 Å². The number of carbonyl (C=O) groups excluding carboxylic acids is 3. The zero-order valence-electron chi connectivity index (χ0n) is 34.0. The Bertz CT molecular complexity index is 2140. The molecule has 0 saturated heterocycles. The summed E-state index contributed by atoms with van der Waals surface area (Å²) < 4.78 is 28.1. The first-order chi connectivity index (χ1) is 28.8. The number of fused-ring (bicyclic) bond motifs is 3. The third-order valence-electron chi connectivity index (χ3n) is 10.9. The number of aliphatic carboxylic acids is 1. The Labute approximate surface area is 349 Å². The number of ether oxygens (including phenoxy) is 5. The van der Waals surface area contributed by atoms with Crippen molar-refractivity contribution >= 4 is 24.0 Å². The first kappa shape index (κ1) is 43.2. The SMILES string of the molecule is C=CC(=O)OCCNC(=O)OC(COC(=O)C1CC=CCC1C(=O)O)COc1ccc(C2(c3ccc(OCC(O)C(C)(C)C)cc3)c3ccccc3-c3ccccc32)cc1. The lowest BCUT2D eigenvalue weighted by atomic mass is 9.68. The standard InChI is InChI=1S/C48H51NO11/c1-5-43(51)56-27-26-49-46(55)60-35(29-59-45(54)39-15-7-6-14-38(39)44(52)53)28-57-33-22-18-31(19-23-33)48(32-20-24-34(25-21-32)58-30-42(50)47(2,3)4)40-16-10-8-12-36(40)37-13-9-11-17-41(37)48/h5-13,16-25,35,38-39,42,50H,1,14-15,26-30H2,2-4H3,(H,49,55)(H,52,53). The Balaban J connectivity index is 1.23. The van der Waals surface area contributed by atoms with Gasteiger partial charge in [-0.15, -0.1) is 0 Å². The number of aliphatic hydroxyl groups is 1. The third kappa shape index (κ3) is 9.72. The van der Waals surface area contributed by atoms with E-state index < -0.39 is 60.1 Å². The molecule has 0 heterocycles. The Morgan fingerprint density at radius 2 is 1.30 bits per heavy atom. The second-order valence-corrected chi connectivity index (χ2v) is 15.8. The van der Waals surface area contributed by atoms with Gasteiger partial charge in [-0.3, -0.25) is 9.59 Å². The molecule has 314 valence electrons. The molecular formula is C48H51NO11. The van der Waals surface area contributed by atoms with Gasteiger partial charge in [0.25, 0.3) is 0 Å². The number of allylic oxidation sites excluding steroid dienone is 2. The Morgan fingerprint density at radius 1 is 0.767 bits per heavy atom. The van der Waals surface area contributed by atoms with Gasteiger partial charge in [0, 0.05) is 6.08 Å². The fraction of sp³-hybridized carbons (Fsp3) is 0.333. The van der Waals surface area contributed by atoms with Crippen LogP contribution in [0.4, 0.5) is 4.79 Å². The zero-order chi connectivity index (χ0) is 42.9. The van der Waals surface area contributed by atoms with Crippen molar-refractivity contribution in [2.75, 3.05) is 33.0 Å². The molecule has 2 aliphatic carbocycles. The van der Waals surface area contributed by atoms with Gasteiger partial charge in [0.1, 0.15) is 37.9 Å². The summed E-state index contributed by atoms with van der Waals surface area (Å²) in [7, 11) is 0. The van der Waals surface area contributed by atoms with E-state index in [1.807, 2.05) is 81.4 Å². The lowest BCUT2D eigenvalue weighted by Gasteiger charge is -2.34. The van der Waals surface area contributed by atoms with Crippen LogP contribution in [0.1, 0.15) is 55.9 Å². The fourth-order valence-electron chi connectivity index (χ4n) is 7.54. The average molecular weight is 818 g/mol. The highest BCUT2D eigenvalue weighted by Crippen LogP contribution is 2.56. The number of rotatable bonds is 17. The molecule has 60 heavy (non-hydrogen) atoms. The molecule has 6 rings (SSSR count). The Hall–Kier alpha value is -6.40. The lowest BCUT2D eigenvalue weighted by molar-refractivity contribution is -0.160. The van der Waals surface area contributed by atoms with Crippen LogP contribution < -0.4 is 14.8 Å². The van der Waals surface area contributed by atoms with Crippen molar-refractivity contribution in [2.24, 2.45) is 17.3 Å². The van der Waals surface area contributed by atoms with Crippen molar-refractivity contribution in [1.29, 1.82) is 0 Å². The molecule has 4 aromatic carbocycles. The van der Waals surface area contributed by atoms with E-state index in [9.17, 15) is 29.4 Å². The predicted octanol–water partition coefficient (Wildman–Crippen LogP) is 7.25. The Morgan fingerprint density at radius 3 is 1.83 bits per heavy atom. The molecule has 0 aliphatic heterocycles. The average Bonchev–Trinajstić information content (AvgIpc) is 3.56. The fourth-order valence-corrected chi connectivity index (χ4v) is 7.54.